The molecule has 0 spiro atoms. The highest BCUT2D eigenvalue weighted by atomic mass is 32.2. The van der Waals surface area contributed by atoms with Crippen LogP contribution in [0.2, 0.25) is 0 Å². The molecule has 0 radical (unpaired) electrons. The zero-order valence-electron chi connectivity index (χ0n) is 12.6. The van der Waals surface area contributed by atoms with Crippen LogP contribution in [0.1, 0.15) is 22.2 Å². The maximum absolute atomic E-state index is 13.4. The Morgan fingerprint density at radius 1 is 1.22 bits per heavy atom. The van der Waals surface area contributed by atoms with Crippen molar-refractivity contribution in [2.45, 2.75) is 12.7 Å². The number of carbonyl (C=O) groups excluding carboxylic acids is 2. The minimum Gasteiger partial charge on any atom is -0.351 e. The molecule has 0 bridgehead atoms. The maximum Gasteiger partial charge on any atom is 0.261 e. The van der Waals surface area contributed by atoms with Crippen molar-refractivity contribution in [3.05, 3.63) is 52.7 Å². The van der Waals surface area contributed by atoms with E-state index in [1.165, 1.54) is 24.3 Å². The molecule has 122 valence electrons. The normalized spacial score (nSPS) is 10.3. The first-order valence-corrected chi connectivity index (χ1v) is 9.00. The second kappa shape index (κ2) is 8.69. The summed E-state index contributed by atoms with van der Waals surface area (Å²) in [5.74, 6) is 0.743. The van der Waals surface area contributed by atoms with Gasteiger partial charge in [-0.3, -0.25) is 9.59 Å². The standard InChI is InChI=1S/C16H17FN2O2S2/c1-11(20)19-15-7-6-14(23-15)16(21)18-8-9-22-10-12-4-2-3-5-13(12)17/h2-7H,8-10H2,1H3,(H,18,21)(H,19,20). The van der Waals surface area contributed by atoms with E-state index in [1.54, 1.807) is 36.0 Å². The first kappa shape index (κ1) is 17.5. The Hall–Kier alpha value is -1.86. The molecule has 23 heavy (non-hydrogen) atoms. The van der Waals surface area contributed by atoms with Crippen LogP contribution in [0.25, 0.3) is 0 Å². The van der Waals surface area contributed by atoms with E-state index in [-0.39, 0.29) is 17.6 Å². The van der Waals surface area contributed by atoms with E-state index in [4.69, 9.17) is 0 Å². The van der Waals surface area contributed by atoms with E-state index in [2.05, 4.69) is 10.6 Å². The summed E-state index contributed by atoms with van der Waals surface area (Å²) in [6.07, 6.45) is 0. The van der Waals surface area contributed by atoms with Gasteiger partial charge in [-0.25, -0.2) is 4.39 Å². The van der Waals surface area contributed by atoms with Gasteiger partial charge in [0.15, 0.2) is 0 Å². The lowest BCUT2D eigenvalue weighted by atomic mass is 10.2. The first-order chi connectivity index (χ1) is 11.1. The third kappa shape index (κ3) is 5.69. The minimum absolute atomic E-state index is 0.164. The van der Waals surface area contributed by atoms with Gasteiger partial charge in [0, 0.05) is 25.0 Å². The highest BCUT2D eigenvalue weighted by molar-refractivity contribution is 7.98. The van der Waals surface area contributed by atoms with Crippen molar-refractivity contribution in [3.8, 4) is 0 Å². The fourth-order valence-corrected chi connectivity index (χ4v) is 3.54. The molecule has 1 aromatic carbocycles. The molecule has 0 aliphatic rings. The van der Waals surface area contributed by atoms with E-state index in [1.807, 2.05) is 6.07 Å². The Morgan fingerprint density at radius 2 is 2.00 bits per heavy atom. The molecular weight excluding hydrogens is 335 g/mol. The topological polar surface area (TPSA) is 58.2 Å². The van der Waals surface area contributed by atoms with Gasteiger partial charge in [-0.2, -0.15) is 11.8 Å². The lowest BCUT2D eigenvalue weighted by molar-refractivity contribution is -0.114. The van der Waals surface area contributed by atoms with E-state index < -0.39 is 0 Å². The average Bonchev–Trinajstić information content (AvgIpc) is 2.96. The van der Waals surface area contributed by atoms with E-state index in [0.717, 1.165) is 0 Å². The maximum atomic E-state index is 13.4. The molecule has 0 saturated carbocycles. The number of carbonyl (C=O) groups is 2. The number of hydrogen-bond acceptors (Lipinski definition) is 4. The molecule has 4 nitrogen and oxygen atoms in total. The Kier molecular flexibility index (Phi) is 6.61. The van der Waals surface area contributed by atoms with Crippen molar-refractivity contribution < 1.29 is 14.0 Å². The van der Waals surface area contributed by atoms with Crippen LogP contribution < -0.4 is 10.6 Å². The van der Waals surface area contributed by atoms with E-state index in [9.17, 15) is 14.0 Å². The van der Waals surface area contributed by atoms with Gasteiger partial charge in [0.1, 0.15) is 5.82 Å². The summed E-state index contributed by atoms with van der Waals surface area (Å²) in [6.45, 7) is 1.93. The van der Waals surface area contributed by atoms with Crippen molar-refractivity contribution in [1.82, 2.24) is 5.32 Å². The number of rotatable bonds is 7. The second-order valence-electron chi connectivity index (χ2n) is 4.74. The van der Waals surface area contributed by atoms with Gasteiger partial charge >= 0.3 is 0 Å². The SMILES string of the molecule is CC(=O)Nc1ccc(C(=O)NCCSCc2ccccc2F)s1. The van der Waals surface area contributed by atoms with Crippen molar-refractivity contribution in [2.75, 3.05) is 17.6 Å². The number of thioether (sulfide) groups is 1. The van der Waals surface area contributed by atoms with Gasteiger partial charge in [0.05, 0.1) is 9.88 Å². The van der Waals surface area contributed by atoms with Crippen LogP contribution in [0.15, 0.2) is 36.4 Å². The lowest BCUT2D eigenvalue weighted by Crippen LogP contribution is -2.24. The molecule has 2 N–H and O–H groups in total. The van der Waals surface area contributed by atoms with Gasteiger partial charge in [-0.15, -0.1) is 11.3 Å². The average molecular weight is 352 g/mol. The molecule has 0 unspecified atom stereocenters. The molecule has 2 amide bonds. The van der Waals surface area contributed by atoms with Crippen LogP contribution in [-0.2, 0) is 10.5 Å². The van der Waals surface area contributed by atoms with Gasteiger partial charge in [-0.1, -0.05) is 18.2 Å². The fraction of sp³-hybridized carbons (Fsp3) is 0.250. The van der Waals surface area contributed by atoms with Crippen molar-refractivity contribution in [2.24, 2.45) is 0 Å². The molecule has 0 aliphatic heterocycles. The van der Waals surface area contributed by atoms with E-state index >= 15 is 0 Å². The van der Waals surface area contributed by atoms with Crippen LogP contribution in [0.5, 0.6) is 0 Å². The zero-order chi connectivity index (χ0) is 16.7. The van der Waals surface area contributed by atoms with Crippen LogP contribution in [-0.4, -0.2) is 24.1 Å². The summed E-state index contributed by atoms with van der Waals surface area (Å²) >= 11 is 2.79. The third-order valence-corrected chi connectivity index (χ3v) is 4.88. The number of anilines is 1. The van der Waals surface area contributed by atoms with E-state index in [0.29, 0.717) is 33.5 Å². The van der Waals surface area contributed by atoms with Crippen molar-refractivity contribution >= 4 is 39.9 Å². The third-order valence-electron chi connectivity index (χ3n) is 2.88. The Balaban J connectivity index is 1.69. The summed E-state index contributed by atoms with van der Waals surface area (Å²) in [4.78, 5) is 23.4. The summed E-state index contributed by atoms with van der Waals surface area (Å²) in [5, 5.41) is 6.10. The number of halogens is 1. The van der Waals surface area contributed by atoms with Crippen LogP contribution in [0.4, 0.5) is 9.39 Å². The molecule has 0 aliphatic carbocycles. The van der Waals surface area contributed by atoms with Gasteiger partial charge in [0.2, 0.25) is 5.91 Å². The highest BCUT2D eigenvalue weighted by Gasteiger charge is 2.09. The molecule has 0 saturated heterocycles. The summed E-state index contributed by atoms with van der Waals surface area (Å²) in [7, 11) is 0. The molecule has 1 heterocycles. The minimum atomic E-state index is -0.201. The molecule has 0 fully saturated rings. The molecule has 2 aromatic rings. The Morgan fingerprint density at radius 3 is 2.74 bits per heavy atom. The fourth-order valence-electron chi connectivity index (χ4n) is 1.82. The lowest BCUT2D eigenvalue weighted by Gasteiger charge is -2.05. The first-order valence-electron chi connectivity index (χ1n) is 7.03. The van der Waals surface area contributed by atoms with Gasteiger partial charge in [-0.05, 0) is 23.8 Å². The molecule has 1 aromatic heterocycles. The largest absolute Gasteiger partial charge is 0.351 e. The summed E-state index contributed by atoms with van der Waals surface area (Å²) in [6, 6.07) is 10.1. The van der Waals surface area contributed by atoms with Gasteiger partial charge < -0.3 is 10.6 Å². The predicted octanol–water partition coefficient (Wildman–Crippen LogP) is 3.51. The molecule has 7 heteroatoms. The quantitative estimate of drug-likeness (QED) is 0.750. The van der Waals surface area contributed by atoms with Crippen LogP contribution in [0.3, 0.4) is 0 Å². The van der Waals surface area contributed by atoms with Crippen molar-refractivity contribution in [1.29, 1.82) is 0 Å². The summed E-state index contributed by atoms with van der Waals surface area (Å²) < 4.78 is 13.4. The highest BCUT2D eigenvalue weighted by Crippen LogP contribution is 2.21. The number of amides is 2. The molecule has 2 rings (SSSR count). The second-order valence-corrected chi connectivity index (χ2v) is 6.93. The Bertz CT molecular complexity index is 688. The monoisotopic (exact) mass is 352 g/mol. The number of thiophene rings is 1. The smallest absolute Gasteiger partial charge is 0.261 e. The molecular formula is C16H17FN2O2S2. The van der Waals surface area contributed by atoms with Crippen LogP contribution >= 0.6 is 23.1 Å². The number of hydrogen-bond donors (Lipinski definition) is 2. The Labute approximate surface area is 142 Å². The number of nitrogens with one attached hydrogen (secondary N) is 2. The number of benzene rings is 1. The van der Waals surface area contributed by atoms with Crippen LogP contribution in [0, 0.1) is 5.82 Å². The summed E-state index contributed by atoms with van der Waals surface area (Å²) in [5.41, 5.74) is 0.669. The molecule has 0 atom stereocenters. The van der Waals surface area contributed by atoms with Gasteiger partial charge in [0.25, 0.3) is 5.91 Å². The van der Waals surface area contributed by atoms with Crippen molar-refractivity contribution in [3.63, 3.8) is 0 Å². The predicted molar refractivity (Wildman–Crippen MR) is 93.5 cm³/mol. The zero-order valence-corrected chi connectivity index (χ0v) is 14.2.